The van der Waals surface area contributed by atoms with Crippen molar-refractivity contribution < 1.29 is 19.8 Å². The van der Waals surface area contributed by atoms with Gasteiger partial charge in [0.25, 0.3) is 5.91 Å². The molecular formula is C13H16N2O4. The lowest BCUT2D eigenvalue weighted by atomic mass is 9.85. The summed E-state index contributed by atoms with van der Waals surface area (Å²) in [6.07, 6.45) is 4.51. The van der Waals surface area contributed by atoms with Crippen molar-refractivity contribution in [2.75, 3.05) is 0 Å². The molecule has 1 aromatic heterocycles. The Morgan fingerprint density at radius 3 is 2.89 bits per heavy atom. The zero-order valence-corrected chi connectivity index (χ0v) is 10.6. The van der Waals surface area contributed by atoms with E-state index in [1.165, 1.54) is 18.5 Å². The van der Waals surface area contributed by atoms with Crippen LogP contribution in [0.5, 0.6) is 5.75 Å². The first-order valence-electron chi connectivity index (χ1n) is 6.12. The van der Waals surface area contributed by atoms with Crippen LogP contribution in [0.25, 0.3) is 0 Å². The second kappa shape index (κ2) is 4.87. The predicted molar refractivity (Wildman–Crippen MR) is 66.7 cm³/mol. The molecule has 19 heavy (non-hydrogen) atoms. The quantitative estimate of drug-likeness (QED) is 0.760. The number of aliphatic carboxylic acids is 1. The molecule has 2 atom stereocenters. The van der Waals surface area contributed by atoms with E-state index < -0.39 is 23.3 Å². The summed E-state index contributed by atoms with van der Waals surface area (Å²) in [6.45, 7) is 1.64. The third-order valence-corrected chi connectivity index (χ3v) is 3.80. The summed E-state index contributed by atoms with van der Waals surface area (Å²) in [5, 5.41) is 21.5. The van der Waals surface area contributed by atoms with Gasteiger partial charge in [-0.2, -0.15) is 0 Å². The zero-order chi connectivity index (χ0) is 14.0. The molecule has 0 aliphatic heterocycles. The second-order valence-corrected chi connectivity index (χ2v) is 5.03. The Hall–Kier alpha value is -2.11. The molecule has 1 aliphatic rings. The maximum Gasteiger partial charge on any atom is 0.311 e. The van der Waals surface area contributed by atoms with Gasteiger partial charge in [0.15, 0.2) is 0 Å². The molecule has 0 aromatic carbocycles. The minimum Gasteiger partial charge on any atom is -0.505 e. The molecule has 6 nitrogen and oxygen atoms in total. The summed E-state index contributed by atoms with van der Waals surface area (Å²) in [4.78, 5) is 27.0. The van der Waals surface area contributed by atoms with E-state index >= 15 is 0 Å². The molecule has 2 unspecified atom stereocenters. The molecule has 2 rings (SSSR count). The molecule has 1 aromatic rings. The minimum atomic E-state index is -0.946. The van der Waals surface area contributed by atoms with Crippen molar-refractivity contribution in [3.63, 3.8) is 0 Å². The highest BCUT2D eigenvalue weighted by molar-refractivity contribution is 5.97. The number of amides is 1. The van der Waals surface area contributed by atoms with Crippen LogP contribution in [0.15, 0.2) is 18.5 Å². The highest BCUT2D eigenvalue weighted by Crippen LogP contribution is 2.38. The summed E-state index contributed by atoms with van der Waals surface area (Å²) in [6, 6.07) is 0.975. The maximum absolute atomic E-state index is 12.0. The topological polar surface area (TPSA) is 99.5 Å². The Morgan fingerprint density at radius 1 is 1.53 bits per heavy atom. The molecule has 1 amide bonds. The Bertz CT molecular complexity index is 517. The number of nitrogens with one attached hydrogen (secondary N) is 1. The maximum atomic E-state index is 12.0. The number of carboxylic acid groups (broad SMARTS) is 1. The highest BCUT2D eigenvalue weighted by Gasteiger charge is 2.46. The number of carbonyl (C=O) groups excluding carboxylic acids is 1. The summed E-state index contributed by atoms with van der Waals surface area (Å²) >= 11 is 0. The van der Waals surface area contributed by atoms with Gasteiger partial charge in [0.1, 0.15) is 5.75 Å². The second-order valence-electron chi connectivity index (χ2n) is 5.03. The van der Waals surface area contributed by atoms with Crippen molar-refractivity contribution in [2.45, 2.75) is 32.2 Å². The van der Waals surface area contributed by atoms with E-state index in [1.807, 2.05) is 0 Å². The van der Waals surface area contributed by atoms with Crippen molar-refractivity contribution in [2.24, 2.45) is 5.41 Å². The number of carbonyl (C=O) groups is 2. The fourth-order valence-electron chi connectivity index (χ4n) is 2.47. The number of rotatable bonds is 3. The van der Waals surface area contributed by atoms with Gasteiger partial charge in [0.2, 0.25) is 0 Å². The van der Waals surface area contributed by atoms with E-state index in [0.29, 0.717) is 12.8 Å². The predicted octanol–water partition coefficient (Wildman–Crippen LogP) is 1.16. The van der Waals surface area contributed by atoms with Crippen LogP contribution in [0.1, 0.15) is 36.5 Å². The molecule has 0 saturated heterocycles. The van der Waals surface area contributed by atoms with Crippen LogP contribution in [0, 0.1) is 5.41 Å². The van der Waals surface area contributed by atoms with Crippen LogP contribution in [-0.2, 0) is 4.79 Å². The van der Waals surface area contributed by atoms with Crippen LogP contribution < -0.4 is 5.32 Å². The van der Waals surface area contributed by atoms with E-state index in [1.54, 1.807) is 6.92 Å². The zero-order valence-electron chi connectivity index (χ0n) is 10.6. The van der Waals surface area contributed by atoms with Gasteiger partial charge >= 0.3 is 5.97 Å². The lowest BCUT2D eigenvalue weighted by Crippen LogP contribution is -2.47. The Kier molecular flexibility index (Phi) is 3.42. The Labute approximate surface area is 110 Å². The normalized spacial score (nSPS) is 26.1. The molecule has 0 bridgehead atoms. The van der Waals surface area contributed by atoms with E-state index in [2.05, 4.69) is 10.3 Å². The summed E-state index contributed by atoms with van der Waals surface area (Å²) in [5.41, 5.74) is -0.840. The van der Waals surface area contributed by atoms with Crippen molar-refractivity contribution in [1.29, 1.82) is 0 Å². The van der Waals surface area contributed by atoms with Crippen molar-refractivity contribution in [3.05, 3.63) is 24.0 Å². The Morgan fingerprint density at radius 2 is 2.26 bits per heavy atom. The van der Waals surface area contributed by atoms with E-state index in [-0.39, 0.29) is 11.3 Å². The summed E-state index contributed by atoms with van der Waals surface area (Å²) < 4.78 is 0. The molecule has 102 valence electrons. The number of pyridine rings is 1. The molecule has 6 heteroatoms. The van der Waals surface area contributed by atoms with Crippen molar-refractivity contribution >= 4 is 11.9 Å². The number of hydrogen-bond acceptors (Lipinski definition) is 4. The first-order chi connectivity index (χ1) is 8.95. The van der Waals surface area contributed by atoms with E-state index in [0.717, 1.165) is 6.42 Å². The van der Waals surface area contributed by atoms with Crippen molar-refractivity contribution in [1.82, 2.24) is 10.3 Å². The van der Waals surface area contributed by atoms with Gasteiger partial charge in [0.05, 0.1) is 17.2 Å². The summed E-state index contributed by atoms with van der Waals surface area (Å²) in [5.74, 6) is -1.59. The van der Waals surface area contributed by atoms with Gasteiger partial charge in [-0.3, -0.25) is 14.6 Å². The largest absolute Gasteiger partial charge is 0.505 e. The average molecular weight is 264 g/mol. The number of carboxylic acids is 1. The lowest BCUT2D eigenvalue weighted by Gasteiger charge is -2.27. The number of nitrogens with zero attached hydrogens (tertiary/aromatic N) is 1. The number of hydrogen-bond donors (Lipinski definition) is 3. The van der Waals surface area contributed by atoms with Gasteiger partial charge in [-0.15, -0.1) is 0 Å². The molecule has 1 heterocycles. The first-order valence-corrected chi connectivity index (χ1v) is 6.12. The Balaban J connectivity index is 2.16. The molecular weight excluding hydrogens is 248 g/mol. The van der Waals surface area contributed by atoms with Crippen LogP contribution in [0.4, 0.5) is 0 Å². The third-order valence-electron chi connectivity index (χ3n) is 3.80. The SMILES string of the molecule is CC1(C(=O)O)CCCC1NC(=O)c1ccncc1O. The third kappa shape index (κ3) is 2.38. The standard InChI is InChI=1S/C13H16N2O4/c1-13(12(18)19)5-2-3-10(13)15-11(17)8-4-6-14-7-9(8)16/h4,6-7,10,16H,2-3,5H2,1H3,(H,15,17)(H,18,19). The number of aromatic nitrogens is 1. The number of aromatic hydroxyl groups is 1. The highest BCUT2D eigenvalue weighted by atomic mass is 16.4. The fraction of sp³-hybridized carbons (Fsp3) is 0.462. The van der Waals surface area contributed by atoms with Gasteiger partial charge in [-0.25, -0.2) is 0 Å². The molecule has 1 saturated carbocycles. The smallest absolute Gasteiger partial charge is 0.311 e. The van der Waals surface area contributed by atoms with Gasteiger partial charge in [-0.1, -0.05) is 6.42 Å². The van der Waals surface area contributed by atoms with Crippen LogP contribution in [0.2, 0.25) is 0 Å². The monoisotopic (exact) mass is 264 g/mol. The lowest BCUT2D eigenvalue weighted by molar-refractivity contribution is -0.148. The van der Waals surface area contributed by atoms with Crippen LogP contribution in [0.3, 0.4) is 0 Å². The van der Waals surface area contributed by atoms with Gasteiger partial charge < -0.3 is 15.5 Å². The molecule has 0 radical (unpaired) electrons. The van der Waals surface area contributed by atoms with E-state index in [4.69, 9.17) is 0 Å². The summed E-state index contributed by atoms with van der Waals surface area (Å²) in [7, 11) is 0. The molecule has 0 spiro atoms. The van der Waals surface area contributed by atoms with Crippen LogP contribution >= 0.6 is 0 Å². The van der Waals surface area contributed by atoms with Crippen molar-refractivity contribution in [3.8, 4) is 5.75 Å². The minimum absolute atomic E-state index is 0.106. The van der Waals surface area contributed by atoms with Crippen LogP contribution in [-0.4, -0.2) is 33.1 Å². The van der Waals surface area contributed by atoms with Gasteiger partial charge in [-0.05, 0) is 25.8 Å². The molecule has 1 aliphatic carbocycles. The molecule has 1 fully saturated rings. The average Bonchev–Trinajstić information content (AvgIpc) is 2.73. The van der Waals surface area contributed by atoms with E-state index in [9.17, 15) is 19.8 Å². The first kappa shape index (κ1) is 13.3. The van der Waals surface area contributed by atoms with Gasteiger partial charge in [0, 0.05) is 12.2 Å². The fourth-order valence-corrected chi connectivity index (χ4v) is 2.47. The molecule has 3 N–H and O–H groups in total.